The van der Waals surface area contributed by atoms with Crippen molar-refractivity contribution < 1.29 is 8.83 Å². The third-order valence-electron chi connectivity index (χ3n) is 11.1. The number of hydrogen-bond acceptors (Lipinski definition) is 5. The van der Waals surface area contributed by atoms with Crippen molar-refractivity contribution in [3.63, 3.8) is 0 Å². The van der Waals surface area contributed by atoms with Crippen LogP contribution in [-0.4, -0.2) is 19.5 Å². The highest BCUT2D eigenvalue weighted by molar-refractivity contribution is 6.14. The molecule has 0 radical (unpaired) electrons. The van der Waals surface area contributed by atoms with Gasteiger partial charge in [-0.2, -0.15) is 0 Å². The van der Waals surface area contributed by atoms with Crippen LogP contribution in [0.2, 0.25) is 0 Å². The Balaban J connectivity index is 0.982. The lowest BCUT2D eigenvalue weighted by molar-refractivity contribution is 0.666. The third-order valence-corrected chi connectivity index (χ3v) is 11.1. The number of aromatic nitrogens is 4. The van der Waals surface area contributed by atoms with Crippen LogP contribution in [0.5, 0.6) is 0 Å². The zero-order chi connectivity index (χ0) is 37.5. The fourth-order valence-electron chi connectivity index (χ4n) is 8.44. The van der Waals surface area contributed by atoms with Crippen LogP contribution < -0.4 is 0 Å². The Kier molecular flexibility index (Phi) is 6.83. The van der Waals surface area contributed by atoms with Gasteiger partial charge in [-0.1, -0.05) is 133 Å². The van der Waals surface area contributed by atoms with Crippen LogP contribution in [0.25, 0.3) is 117 Å². The van der Waals surface area contributed by atoms with Gasteiger partial charge in [0.1, 0.15) is 16.7 Å². The van der Waals surface area contributed by atoms with Crippen molar-refractivity contribution >= 4 is 65.7 Å². The van der Waals surface area contributed by atoms with Crippen molar-refractivity contribution in [3.05, 3.63) is 182 Å². The van der Waals surface area contributed by atoms with Gasteiger partial charge in [0.2, 0.25) is 0 Å². The van der Waals surface area contributed by atoms with Crippen molar-refractivity contribution in [3.8, 4) is 51.0 Å². The number of benzene rings is 8. The summed E-state index contributed by atoms with van der Waals surface area (Å²) < 4.78 is 15.7. The average molecular weight is 731 g/mol. The van der Waals surface area contributed by atoms with Gasteiger partial charge in [0, 0.05) is 49.0 Å². The van der Waals surface area contributed by atoms with E-state index in [0.29, 0.717) is 17.5 Å². The molecular formula is C51H30N4O2. The molecule has 0 aliphatic heterocycles. The Bertz CT molecular complexity index is 3410. The van der Waals surface area contributed by atoms with E-state index in [0.717, 1.165) is 88.4 Å². The van der Waals surface area contributed by atoms with Crippen LogP contribution in [0.1, 0.15) is 0 Å². The largest absolute Gasteiger partial charge is 0.456 e. The number of nitrogens with zero attached hydrogens (tertiary/aromatic N) is 4. The molecule has 6 heteroatoms. The van der Waals surface area contributed by atoms with Gasteiger partial charge >= 0.3 is 0 Å². The molecule has 8 aromatic carbocycles. The second-order valence-corrected chi connectivity index (χ2v) is 14.4. The summed E-state index contributed by atoms with van der Waals surface area (Å²) in [5.41, 5.74) is 11.4. The van der Waals surface area contributed by atoms with E-state index in [2.05, 4.69) is 114 Å². The summed E-state index contributed by atoms with van der Waals surface area (Å²) in [5.74, 6) is 1.83. The van der Waals surface area contributed by atoms with E-state index in [1.165, 1.54) is 10.8 Å². The molecule has 0 aliphatic rings. The maximum Gasteiger partial charge on any atom is 0.164 e. The molecule has 0 saturated heterocycles. The number of fused-ring (bicyclic) bond motifs is 9. The van der Waals surface area contributed by atoms with E-state index >= 15 is 0 Å². The Hall–Kier alpha value is -7.83. The first kappa shape index (κ1) is 31.5. The smallest absolute Gasteiger partial charge is 0.164 e. The molecule has 0 unspecified atom stereocenters. The lowest BCUT2D eigenvalue weighted by Crippen LogP contribution is -2.00. The molecule has 12 rings (SSSR count). The molecule has 57 heavy (non-hydrogen) atoms. The van der Waals surface area contributed by atoms with Crippen LogP contribution in [0.3, 0.4) is 0 Å². The predicted molar refractivity (Wildman–Crippen MR) is 230 cm³/mol. The average Bonchev–Trinajstić information content (AvgIpc) is 3.96. The van der Waals surface area contributed by atoms with E-state index in [1.54, 1.807) is 0 Å². The Labute approximate surface area is 325 Å². The first-order chi connectivity index (χ1) is 28.2. The molecule has 4 heterocycles. The van der Waals surface area contributed by atoms with Crippen LogP contribution in [0.4, 0.5) is 0 Å². The second-order valence-electron chi connectivity index (χ2n) is 14.4. The predicted octanol–water partition coefficient (Wildman–Crippen LogP) is 13.4. The summed E-state index contributed by atoms with van der Waals surface area (Å²) in [7, 11) is 0. The molecule has 0 bridgehead atoms. The minimum atomic E-state index is 0.593. The van der Waals surface area contributed by atoms with Crippen LogP contribution >= 0.6 is 0 Å². The SMILES string of the molecule is c1ccc(-c2nc(-c3ccccc3)nc(-c3cccc4oc5cc(-c6ccc7c(c6)oc6c(-n8c9ccccc9c9ccccc98)cccc67)ccc5c34)n2)cc1. The number of hydrogen-bond donors (Lipinski definition) is 0. The van der Waals surface area contributed by atoms with Crippen molar-refractivity contribution in [2.24, 2.45) is 0 Å². The zero-order valence-corrected chi connectivity index (χ0v) is 30.4. The molecule has 0 saturated carbocycles. The van der Waals surface area contributed by atoms with Crippen LogP contribution in [0.15, 0.2) is 191 Å². The number of para-hydroxylation sites is 3. The minimum Gasteiger partial charge on any atom is -0.456 e. The van der Waals surface area contributed by atoms with Gasteiger partial charge < -0.3 is 13.4 Å². The zero-order valence-electron chi connectivity index (χ0n) is 30.4. The normalized spacial score (nSPS) is 11.9. The maximum atomic E-state index is 6.79. The van der Waals surface area contributed by atoms with E-state index in [4.69, 9.17) is 23.8 Å². The lowest BCUT2D eigenvalue weighted by atomic mass is 10.0. The number of furan rings is 2. The molecule has 0 fully saturated rings. The molecule has 12 aromatic rings. The second kappa shape index (κ2) is 12.3. The first-order valence-electron chi connectivity index (χ1n) is 19.0. The van der Waals surface area contributed by atoms with Crippen molar-refractivity contribution in [1.82, 2.24) is 19.5 Å². The van der Waals surface area contributed by atoms with E-state index in [9.17, 15) is 0 Å². The summed E-state index contributed by atoms with van der Waals surface area (Å²) in [6.45, 7) is 0. The lowest BCUT2D eigenvalue weighted by Gasteiger charge is -2.09. The van der Waals surface area contributed by atoms with Gasteiger partial charge in [0.05, 0.1) is 16.7 Å². The van der Waals surface area contributed by atoms with E-state index < -0.39 is 0 Å². The first-order valence-corrected chi connectivity index (χ1v) is 19.0. The Morgan fingerprint density at radius 1 is 0.351 bits per heavy atom. The van der Waals surface area contributed by atoms with Crippen molar-refractivity contribution in [2.45, 2.75) is 0 Å². The van der Waals surface area contributed by atoms with Crippen molar-refractivity contribution in [1.29, 1.82) is 0 Å². The molecule has 6 nitrogen and oxygen atoms in total. The third kappa shape index (κ3) is 4.94. The minimum absolute atomic E-state index is 0.593. The van der Waals surface area contributed by atoms with Gasteiger partial charge in [-0.05, 0) is 59.7 Å². The highest BCUT2D eigenvalue weighted by atomic mass is 16.3. The quantitative estimate of drug-likeness (QED) is 0.176. The molecule has 0 aliphatic carbocycles. The molecule has 266 valence electrons. The highest BCUT2D eigenvalue weighted by Gasteiger charge is 2.20. The summed E-state index contributed by atoms with van der Waals surface area (Å²) in [6.07, 6.45) is 0. The standard InChI is InChI=1S/C51H30N4O2/c1-3-13-31(14-4-1)49-52-50(32-15-5-2-6-16-32)54-51(53-49)40-20-12-24-44-47(40)39-28-26-34(30-46(39)56-44)33-25-27-37-38-19-11-23-43(48(38)57-45(37)29-33)55-41-21-9-7-17-35(41)36-18-8-10-22-42(36)55/h1-30H. The van der Waals surface area contributed by atoms with Crippen LogP contribution in [0, 0.1) is 0 Å². The topological polar surface area (TPSA) is 69.9 Å². The van der Waals surface area contributed by atoms with Gasteiger partial charge in [-0.25, -0.2) is 15.0 Å². The van der Waals surface area contributed by atoms with Crippen molar-refractivity contribution in [2.75, 3.05) is 0 Å². The molecule has 0 N–H and O–H groups in total. The highest BCUT2D eigenvalue weighted by Crippen LogP contribution is 2.41. The molecule has 0 amide bonds. The summed E-state index contributed by atoms with van der Waals surface area (Å²) >= 11 is 0. The molecule has 0 spiro atoms. The Morgan fingerprint density at radius 2 is 0.895 bits per heavy atom. The van der Waals surface area contributed by atoms with Gasteiger partial charge in [-0.3, -0.25) is 0 Å². The van der Waals surface area contributed by atoms with Gasteiger partial charge in [-0.15, -0.1) is 0 Å². The molecule has 4 aromatic heterocycles. The summed E-state index contributed by atoms with van der Waals surface area (Å²) in [6, 6.07) is 62.6. The van der Waals surface area contributed by atoms with Gasteiger partial charge in [0.25, 0.3) is 0 Å². The fourth-order valence-corrected chi connectivity index (χ4v) is 8.44. The van der Waals surface area contributed by atoms with Crippen LogP contribution in [-0.2, 0) is 0 Å². The summed E-state index contributed by atoms with van der Waals surface area (Å²) in [4.78, 5) is 14.9. The fraction of sp³-hybridized carbons (Fsp3) is 0. The Morgan fingerprint density at radius 3 is 1.56 bits per heavy atom. The molecular weight excluding hydrogens is 701 g/mol. The number of rotatable bonds is 5. The van der Waals surface area contributed by atoms with E-state index in [1.807, 2.05) is 72.8 Å². The monoisotopic (exact) mass is 730 g/mol. The summed E-state index contributed by atoms with van der Waals surface area (Å²) in [5, 5.41) is 6.56. The van der Waals surface area contributed by atoms with Gasteiger partial charge in [0.15, 0.2) is 23.1 Å². The van der Waals surface area contributed by atoms with E-state index in [-0.39, 0.29) is 0 Å². The molecule has 0 atom stereocenters. The maximum absolute atomic E-state index is 6.79.